The summed E-state index contributed by atoms with van der Waals surface area (Å²) in [5.41, 5.74) is 0.0913. The number of halogens is 2. The molecular formula is C19H21ClFN3O3. The lowest BCUT2D eigenvalue weighted by Gasteiger charge is -2.36. The number of carbonyl (C=O) groups is 1. The SMILES string of the molecule is Cc1noc(C2CN(C(=O)Cc3c(F)cccc3Cl)CC23CCOCC3)n1. The van der Waals surface area contributed by atoms with E-state index in [0.717, 1.165) is 12.8 Å². The summed E-state index contributed by atoms with van der Waals surface area (Å²) in [7, 11) is 0. The molecule has 0 radical (unpaired) electrons. The molecule has 2 aliphatic heterocycles. The molecule has 2 saturated heterocycles. The number of ether oxygens (including phenoxy) is 1. The average molecular weight is 394 g/mol. The van der Waals surface area contributed by atoms with E-state index in [9.17, 15) is 9.18 Å². The van der Waals surface area contributed by atoms with E-state index in [1.54, 1.807) is 17.9 Å². The van der Waals surface area contributed by atoms with Crippen molar-refractivity contribution in [3.8, 4) is 0 Å². The predicted octanol–water partition coefficient (Wildman–Crippen LogP) is 3.14. The van der Waals surface area contributed by atoms with Crippen molar-refractivity contribution in [1.29, 1.82) is 0 Å². The van der Waals surface area contributed by atoms with Crippen molar-refractivity contribution in [2.75, 3.05) is 26.3 Å². The highest BCUT2D eigenvalue weighted by molar-refractivity contribution is 6.31. The molecule has 0 aliphatic carbocycles. The van der Waals surface area contributed by atoms with E-state index in [1.807, 2.05) is 0 Å². The van der Waals surface area contributed by atoms with Crippen LogP contribution in [0.3, 0.4) is 0 Å². The van der Waals surface area contributed by atoms with E-state index in [0.29, 0.717) is 38.0 Å². The molecule has 2 aliphatic rings. The van der Waals surface area contributed by atoms with Gasteiger partial charge < -0.3 is 14.2 Å². The molecule has 1 atom stereocenters. The average Bonchev–Trinajstić information content (AvgIpc) is 3.23. The van der Waals surface area contributed by atoms with Crippen molar-refractivity contribution in [1.82, 2.24) is 15.0 Å². The van der Waals surface area contributed by atoms with Gasteiger partial charge in [-0.25, -0.2) is 4.39 Å². The molecule has 3 heterocycles. The zero-order valence-corrected chi connectivity index (χ0v) is 15.8. The van der Waals surface area contributed by atoms with Gasteiger partial charge in [-0.2, -0.15) is 4.98 Å². The number of likely N-dealkylation sites (tertiary alicyclic amines) is 1. The van der Waals surface area contributed by atoms with E-state index in [1.165, 1.54) is 12.1 Å². The van der Waals surface area contributed by atoms with Gasteiger partial charge in [-0.05, 0) is 31.9 Å². The lowest BCUT2D eigenvalue weighted by Crippen LogP contribution is -2.37. The molecular weight excluding hydrogens is 373 g/mol. The van der Waals surface area contributed by atoms with E-state index in [-0.39, 0.29) is 34.2 Å². The van der Waals surface area contributed by atoms with Crippen LogP contribution in [0.15, 0.2) is 22.7 Å². The number of aryl methyl sites for hydroxylation is 1. The van der Waals surface area contributed by atoms with Crippen molar-refractivity contribution in [2.24, 2.45) is 5.41 Å². The number of aromatic nitrogens is 2. The zero-order valence-electron chi connectivity index (χ0n) is 15.1. The van der Waals surface area contributed by atoms with Crippen LogP contribution in [0.25, 0.3) is 0 Å². The van der Waals surface area contributed by atoms with Crippen molar-refractivity contribution in [3.05, 3.63) is 46.3 Å². The van der Waals surface area contributed by atoms with Crippen LogP contribution in [-0.2, 0) is 16.0 Å². The Kier molecular flexibility index (Phi) is 4.90. The Morgan fingerprint density at radius 1 is 1.41 bits per heavy atom. The standard InChI is InChI=1S/C19H21ClFN3O3/c1-12-22-18(27-23-12)14-10-24(11-19(14)5-7-26-8-6-19)17(25)9-13-15(20)3-2-4-16(13)21/h2-4,14H,5-11H2,1H3. The Balaban J connectivity index is 1.58. The van der Waals surface area contributed by atoms with Gasteiger partial charge in [-0.1, -0.05) is 22.8 Å². The molecule has 27 heavy (non-hydrogen) atoms. The van der Waals surface area contributed by atoms with Crippen LogP contribution in [-0.4, -0.2) is 47.3 Å². The quantitative estimate of drug-likeness (QED) is 0.801. The second kappa shape index (κ2) is 7.20. The minimum Gasteiger partial charge on any atom is -0.381 e. The maximum Gasteiger partial charge on any atom is 0.232 e. The topological polar surface area (TPSA) is 68.5 Å². The van der Waals surface area contributed by atoms with Gasteiger partial charge in [0.25, 0.3) is 0 Å². The minimum atomic E-state index is -0.458. The van der Waals surface area contributed by atoms with Gasteiger partial charge in [0.05, 0.1) is 12.3 Å². The highest BCUT2D eigenvalue weighted by atomic mass is 35.5. The molecule has 1 aromatic carbocycles. The maximum atomic E-state index is 14.1. The molecule has 1 spiro atoms. The number of hydrogen-bond donors (Lipinski definition) is 0. The van der Waals surface area contributed by atoms with Crippen LogP contribution in [0.2, 0.25) is 5.02 Å². The van der Waals surface area contributed by atoms with E-state index in [2.05, 4.69) is 10.1 Å². The fourth-order valence-corrected chi connectivity index (χ4v) is 4.43. The van der Waals surface area contributed by atoms with E-state index < -0.39 is 5.82 Å². The Morgan fingerprint density at radius 3 is 2.85 bits per heavy atom. The Bertz CT molecular complexity index is 830. The van der Waals surface area contributed by atoms with Crippen molar-refractivity contribution in [3.63, 3.8) is 0 Å². The summed E-state index contributed by atoms with van der Waals surface area (Å²) in [6.07, 6.45) is 1.58. The highest BCUT2D eigenvalue weighted by Crippen LogP contribution is 2.49. The van der Waals surface area contributed by atoms with Gasteiger partial charge in [0.15, 0.2) is 5.82 Å². The molecule has 6 nitrogen and oxygen atoms in total. The van der Waals surface area contributed by atoms with Gasteiger partial charge >= 0.3 is 0 Å². The second-order valence-electron chi connectivity index (χ2n) is 7.36. The Morgan fingerprint density at radius 2 is 2.19 bits per heavy atom. The third-order valence-electron chi connectivity index (χ3n) is 5.72. The molecule has 2 fully saturated rings. The smallest absolute Gasteiger partial charge is 0.232 e. The van der Waals surface area contributed by atoms with Crippen LogP contribution < -0.4 is 0 Å². The molecule has 0 N–H and O–H groups in total. The van der Waals surface area contributed by atoms with Gasteiger partial charge in [0.2, 0.25) is 11.8 Å². The Labute approximate surface area is 161 Å². The summed E-state index contributed by atoms with van der Waals surface area (Å²) in [6.45, 7) is 4.12. The zero-order chi connectivity index (χ0) is 19.0. The molecule has 8 heteroatoms. The first kappa shape index (κ1) is 18.4. The maximum absolute atomic E-state index is 14.1. The number of nitrogens with zero attached hydrogens (tertiary/aromatic N) is 3. The van der Waals surface area contributed by atoms with Crippen LogP contribution in [0.1, 0.15) is 36.0 Å². The van der Waals surface area contributed by atoms with Crippen molar-refractivity contribution in [2.45, 2.75) is 32.1 Å². The second-order valence-corrected chi connectivity index (χ2v) is 7.77. The third kappa shape index (κ3) is 3.46. The fraction of sp³-hybridized carbons (Fsp3) is 0.526. The van der Waals surface area contributed by atoms with Gasteiger partial charge in [-0.3, -0.25) is 4.79 Å². The fourth-order valence-electron chi connectivity index (χ4n) is 4.20. The van der Waals surface area contributed by atoms with E-state index in [4.69, 9.17) is 20.9 Å². The normalized spacial score (nSPS) is 21.7. The molecule has 2 aromatic rings. The monoisotopic (exact) mass is 393 g/mol. The predicted molar refractivity (Wildman–Crippen MR) is 96.0 cm³/mol. The van der Waals surface area contributed by atoms with Crippen LogP contribution in [0, 0.1) is 18.2 Å². The summed E-state index contributed by atoms with van der Waals surface area (Å²) < 4.78 is 25.1. The summed E-state index contributed by atoms with van der Waals surface area (Å²) in [4.78, 5) is 19.1. The van der Waals surface area contributed by atoms with Crippen LogP contribution in [0.4, 0.5) is 4.39 Å². The molecule has 0 saturated carbocycles. The molecule has 1 aromatic heterocycles. The third-order valence-corrected chi connectivity index (χ3v) is 6.07. The molecule has 4 rings (SSSR count). The van der Waals surface area contributed by atoms with Crippen molar-refractivity contribution < 1.29 is 18.4 Å². The summed E-state index contributed by atoms with van der Waals surface area (Å²) in [6, 6.07) is 4.45. The summed E-state index contributed by atoms with van der Waals surface area (Å²) in [5, 5.41) is 4.18. The lowest BCUT2D eigenvalue weighted by atomic mass is 9.72. The highest BCUT2D eigenvalue weighted by Gasteiger charge is 2.51. The lowest BCUT2D eigenvalue weighted by molar-refractivity contribution is -0.130. The minimum absolute atomic E-state index is 0.0392. The van der Waals surface area contributed by atoms with Gasteiger partial charge in [0, 0.05) is 42.3 Å². The van der Waals surface area contributed by atoms with Crippen LogP contribution >= 0.6 is 11.6 Å². The summed E-state index contributed by atoms with van der Waals surface area (Å²) >= 11 is 6.09. The van der Waals surface area contributed by atoms with Gasteiger partial charge in [-0.15, -0.1) is 0 Å². The summed E-state index contributed by atoms with van der Waals surface area (Å²) in [5.74, 6) is 0.498. The van der Waals surface area contributed by atoms with Crippen LogP contribution in [0.5, 0.6) is 0 Å². The molecule has 1 amide bonds. The Hall–Kier alpha value is -1.99. The molecule has 144 valence electrons. The van der Waals surface area contributed by atoms with Gasteiger partial charge in [0.1, 0.15) is 5.82 Å². The van der Waals surface area contributed by atoms with E-state index >= 15 is 0 Å². The number of carbonyl (C=O) groups excluding carboxylic acids is 1. The molecule has 1 unspecified atom stereocenters. The largest absolute Gasteiger partial charge is 0.381 e. The number of benzene rings is 1. The number of amides is 1. The first-order valence-electron chi connectivity index (χ1n) is 9.07. The number of hydrogen-bond acceptors (Lipinski definition) is 5. The molecule has 0 bridgehead atoms. The first-order chi connectivity index (χ1) is 13.0. The number of rotatable bonds is 3. The first-order valence-corrected chi connectivity index (χ1v) is 9.45. The van der Waals surface area contributed by atoms with Crippen molar-refractivity contribution >= 4 is 17.5 Å².